The van der Waals surface area contributed by atoms with E-state index >= 15 is 0 Å². The zero-order chi connectivity index (χ0) is 12.3. The van der Waals surface area contributed by atoms with Crippen molar-refractivity contribution in [3.05, 3.63) is 23.8 Å². The third-order valence-corrected chi connectivity index (χ3v) is 2.80. The summed E-state index contributed by atoms with van der Waals surface area (Å²) < 4.78 is 5.22. The minimum Gasteiger partial charge on any atom is -0.378 e. The number of amides is 1. The summed E-state index contributed by atoms with van der Waals surface area (Å²) in [5.41, 5.74) is 1.38. The lowest BCUT2D eigenvalue weighted by molar-refractivity contribution is 0.0299. The van der Waals surface area contributed by atoms with E-state index in [1.165, 1.54) is 6.33 Å². The molecule has 1 aliphatic rings. The van der Waals surface area contributed by atoms with Crippen LogP contribution in [-0.2, 0) is 4.74 Å². The van der Waals surface area contributed by atoms with Crippen LogP contribution in [0.1, 0.15) is 35.9 Å². The standard InChI is InChI=1S/C12H17N3O2/c1-9(2)10-7-11(14-8-13-10)12(16)15-3-5-17-6-4-15/h7-9H,3-6H2,1-2H3. The smallest absolute Gasteiger partial charge is 0.272 e. The van der Waals surface area contributed by atoms with Crippen LogP contribution >= 0.6 is 0 Å². The van der Waals surface area contributed by atoms with Crippen molar-refractivity contribution in [1.82, 2.24) is 14.9 Å². The van der Waals surface area contributed by atoms with E-state index in [-0.39, 0.29) is 5.91 Å². The largest absolute Gasteiger partial charge is 0.378 e. The summed E-state index contributed by atoms with van der Waals surface area (Å²) in [6.07, 6.45) is 1.46. The van der Waals surface area contributed by atoms with E-state index in [2.05, 4.69) is 9.97 Å². The SMILES string of the molecule is CC(C)c1cc(C(=O)N2CCOCC2)ncn1. The summed E-state index contributed by atoms with van der Waals surface area (Å²) in [5, 5.41) is 0. The van der Waals surface area contributed by atoms with E-state index in [1.54, 1.807) is 11.0 Å². The molecule has 2 heterocycles. The van der Waals surface area contributed by atoms with Gasteiger partial charge in [0, 0.05) is 18.8 Å². The lowest BCUT2D eigenvalue weighted by Crippen LogP contribution is -2.41. The predicted octanol–water partition coefficient (Wildman–Crippen LogP) is 1.07. The van der Waals surface area contributed by atoms with Crippen molar-refractivity contribution in [2.24, 2.45) is 0 Å². The van der Waals surface area contributed by atoms with Crippen LogP contribution in [0.3, 0.4) is 0 Å². The van der Waals surface area contributed by atoms with Crippen molar-refractivity contribution in [2.75, 3.05) is 26.3 Å². The van der Waals surface area contributed by atoms with Gasteiger partial charge in [0.1, 0.15) is 12.0 Å². The van der Waals surface area contributed by atoms with Gasteiger partial charge in [0.05, 0.1) is 13.2 Å². The molecule has 2 rings (SSSR count). The molecule has 5 nitrogen and oxygen atoms in total. The van der Waals surface area contributed by atoms with Crippen molar-refractivity contribution >= 4 is 5.91 Å². The van der Waals surface area contributed by atoms with Crippen molar-refractivity contribution in [3.63, 3.8) is 0 Å². The summed E-state index contributed by atoms with van der Waals surface area (Å²) in [6.45, 7) is 6.58. The Hall–Kier alpha value is -1.49. The zero-order valence-corrected chi connectivity index (χ0v) is 10.2. The minimum absolute atomic E-state index is 0.0300. The highest BCUT2D eigenvalue weighted by atomic mass is 16.5. The van der Waals surface area contributed by atoms with Crippen LogP contribution < -0.4 is 0 Å². The van der Waals surface area contributed by atoms with Gasteiger partial charge in [0.15, 0.2) is 0 Å². The summed E-state index contributed by atoms with van der Waals surface area (Å²) >= 11 is 0. The van der Waals surface area contributed by atoms with Gasteiger partial charge in [0.2, 0.25) is 0 Å². The van der Waals surface area contributed by atoms with Gasteiger partial charge >= 0.3 is 0 Å². The Labute approximate surface area is 101 Å². The fourth-order valence-electron chi connectivity index (χ4n) is 1.73. The van der Waals surface area contributed by atoms with Crippen LogP contribution in [0.15, 0.2) is 12.4 Å². The second-order valence-corrected chi connectivity index (χ2v) is 4.39. The maximum Gasteiger partial charge on any atom is 0.272 e. The van der Waals surface area contributed by atoms with Crippen LogP contribution in [-0.4, -0.2) is 47.1 Å². The zero-order valence-electron chi connectivity index (χ0n) is 10.2. The van der Waals surface area contributed by atoms with E-state index in [4.69, 9.17) is 4.74 Å². The Bertz CT molecular complexity index is 400. The molecule has 1 aromatic rings. The molecule has 0 unspecified atom stereocenters. The highest BCUT2D eigenvalue weighted by molar-refractivity contribution is 5.92. The highest BCUT2D eigenvalue weighted by Crippen LogP contribution is 2.12. The Morgan fingerprint density at radius 3 is 2.71 bits per heavy atom. The lowest BCUT2D eigenvalue weighted by Gasteiger charge is -2.26. The average molecular weight is 235 g/mol. The Morgan fingerprint density at radius 2 is 2.06 bits per heavy atom. The minimum atomic E-state index is -0.0300. The molecule has 0 atom stereocenters. The van der Waals surface area contributed by atoms with Crippen molar-refractivity contribution in [1.29, 1.82) is 0 Å². The third kappa shape index (κ3) is 2.79. The molecular formula is C12H17N3O2. The van der Waals surface area contributed by atoms with Gasteiger partial charge in [-0.2, -0.15) is 0 Å². The van der Waals surface area contributed by atoms with Gasteiger partial charge in [0.25, 0.3) is 5.91 Å². The summed E-state index contributed by atoms with van der Waals surface area (Å²) in [5.74, 6) is 0.270. The van der Waals surface area contributed by atoms with Crippen LogP contribution in [0.25, 0.3) is 0 Å². The number of carbonyl (C=O) groups excluding carboxylic acids is 1. The molecule has 0 aromatic carbocycles. The van der Waals surface area contributed by atoms with E-state index in [0.29, 0.717) is 37.9 Å². The van der Waals surface area contributed by atoms with Crippen molar-refractivity contribution < 1.29 is 9.53 Å². The molecule has 0 bridgehead atoms. The topological polar surface area (TPSA) is 55.3 Å². The fourth-order valence-corrected chi connectivity index (χ4v) is 1.73. The van der Waals surface area contributed by atoms with Gasteiger partial charge in [-0.3, -0.25) is 4.79 Å². The number of ether oxygens (including phenoxy) is 1. The van der Waals surface area contributed by atoms with E-state index in [0.717, 1.165) is 5.69 Å². The number of aromatic nitrogens is 2. The summed E-state index contributed by atoms with van der Waals surface area (Å²) in [7, 11) is 0. The first kappa shape index (κ1) is 12.0. The van der Waals surface area contributed by atoms with E-state index in [1.807, 2.05) is 13.8 Å². The normalized spacial score (nSPS) is 16.3. The predicted molar refractivity (Wildman–Crippen MR) is 62.8 cm³/mol. The highest BCUT2D eigenvalue weighted by Gasteiger charge is 2.20. The van der Waals surface area contributed by atoms with Crippen LogP contribution in [0.4, 0.5) is 0 Å². The fraction of sp³-hybridized carbons (Fsp3) is 0.583. The Kier molecular flexibility index (Phi) is 3.68. The maximum absolute atomic E-state index is 12.2. The maximum atomic E-state index is 12.2. The molecule has 1 fully saturated rings. The van der Waals surface area contributed by atoms with E-state index in [9.17, 15) is 4.79 Å². The Balaban J connectivity index is 2.15. The van der Waals surface area contributed by atoms with Crippen LogP contribution in [0.5, 0.6) is 0 Å². The molecule has 92 valence electrons. The van der Waals surface area contributed by atoms with Crippen molar-refractivity contribution in [3.8, 4) is 0 Å². The molecule has 1 aromatic heterocycles. The van der Waals surface area contributed by atoms with Gasteiger partial charge in [-0.05, 0) is 12.0 Å². The van der Waals surface area contributed by atoms with E-state index < -0.39 is 0 Å². The molecule has 0 radical (unpaired) electrons. The second-order valence-electron chi connectivity index (χ2n) is 4.39. The molecule has 1 amide bonds. The average Bonchev–Trinajstić information content (AvgIpc) is 2.39. The van der Waals surface area contributed by atoms with Gasteiger partial charge in [-0.15, -0.1) is 0 Å². The first-order valence-electron chi connectivity index (χ1n) is 5.87. The second kappa shape index (κ2) is 5.23. The van der Waals surface area contributed by atoms with Gasteiger partial charge < -0.3 is 9.64 Å². The number of carbonyl (C=O) groups is 1. The number of hydrogen-bond donors (Lipinski definition) is 0. The number of nitrogens with zero attached hydrogens (tertiary/aromatic N) is 3. The summed E-state index contributed by atoms with van der Waals surface area (Å²) in [4.78, 5) is 22.1. The number of rotatable bonds is 2. The first-order chi connectivity index (χ1) is 8.18. The summed E-state index contributed by atoms with van der Waals surface area (Å²) in [6, 6.07) is 1.78. The molecule has 1 aliphatic heterocycles. The third-order valence-electron chi connectivity index (χ3n) is 2.80. The van der Waals surface area contributed by atoms with Gasteiger partial charge in [-0.25, -0.2) is 9.97 Å². The first-order valence-corrected chi connectivity index (χ1v) is 5.87. The van der Waals surface area contributed by atoms with Crippen molar-refractivity contribution in [2.45, 2.75) is 19.8 Å². The molecule has 17 heavy (non-hydrogen) atoms. The van der Waals surface area contributed by atoms with Crippen LogP contribution in [0, 0.1) is 0 Å². The van der Waals surface area contributed by atoms with Gasteiger partial charge in [-0.1, -0.05) is 13.8 Å². The molecular weight excluding hydrogens is 218 g/mol. The Morgan fingerprint density at radius 1 is 1.35 bits per heavy atom. The number of morpholine rings is 1. The molecule has 0 N–H and O–H groups in total. The molecule has 5 heteroatoms. The monoisotopic (exact) mass is 235 g/mol. The molecule has 0 saturated carbocycles. The van der Waals surface area contributed by atoms with Crippen LogP contribution in [0.2, 0.25) is 0 Å². The lowest BCUT2D eigenvalue weighted by atomic mass is 10.1. The molecule has 1 saturated heterocycles. The number of hydrogen-bond acceptors (Lipinski definition) is 4. The molecule has 0 spiro atoms. The quantitative estimate of drug-likeness (QED) is 0.769. The molecule has 0 aliphatic carbocycles.